The molecule has 0 heterocycles. The molecule has 0 saturated carbocycles. The second-order valence-corrected chi connectivity index (χ2v) is 0. The molecule has 5 heavy (non-hydrogen) atoms. The predicted octanol–water partition coefficient (Wildman–Crippen LogP) is -1.95. The third-order valence-electron chi connectivity index (χ3n) is 0. The summed E-state index contributed by atoms with van der Waals surface area (Å²) in [5.74, 6) is 0. The van der Waals surface area contributed by atoms with Crippen LogP contribution in [0.15, 0.2) is 0 Å². The topological polar surface area (TPSA) is 0 Å². The van der Waals surface area contributed by atoms with Crippen LogP contribution in [-0.2, 0) is 52.0 Å². The first-order valence-corrected chi connectivity index (χ1v) is 0. The molecule has 0 aliphatic carbocycles. The molecule has 0 aromatic carbocycles. The van der Waals surface area contributed by atoms with Gasteiger partial charge in [0, 0.05) is 69.4 Å². The summed E-state index contributed by atoms with van der Waals surface area (Å²) in [5.41, 5.74) is 0. The Kier molecular flexibility index (Phi) is 193. The number of rotatable bonds is 0. The summed E-state index contributed by atoms with van der Waals surface area (Å²) in [6, 6.07) is 0. The molecule has 5 heteroatoms. The summed E-state index contributed by atoms with van der Waals surface area (Å²) in [4.78, 5) is 0. The van der Waals surface area contributed by atoms with E-state index in [1.54, 1.807) is 0 Å². The molecule has 0 aromatic heterocycles. The molecule has 0 fully saturated rings. The van der Waals surface area contributed by atoms with Gasteiger partial charge in [-0.1, -0.05) is 0 Å². The van der Waals surface area contributed by atoms with Gasteiger partial charge in [0.1, 0.15) is 0 Å². The Morgan fingerprint density at radius 3 is 1.00 bits per heavy atom. The molecule has 0 aliphatic rings. The van der Waals surface area contributed by atoms with Gasteiger partial charge in [0.25, 0.3) is 0 Å². The van der Waals surface area contributed by atoms with Crippen molar-refractivity contribution in [3.05, 3.63) is 0 Å². The van der Waals surface area contributed by atoms with Gasteiger partial charge in [-0.05, 0) is 0 Å². The predicted molar refractivity (Wildman–Crippen MR) is 21.4 cm³/mol. The van der Waals surface area contributed by atoms with Gasteiger partial charge >= 0.3 is 41.9 Å². The van der Waals surface area contributed by atoms with Crippen molar-refractivity contribution in [3.63, 3.8) is 0 Å². The standard InChI is InChI=1S/Al.Li.Mg.Sc.Zr.3H. The molecule has 0 rings (SSSR count). The Morgan fingerprint density at radius 2 is 1.00 bits per heavy atom. The number of hydrogen-bond donors (Lipinski definition) is 0. The van der Waals surface area contributed by atoms with Crippen molar-refractivity contribution >= 4 is 59.3 Å². The van der Waals surface area contributed by atoms with Crippen LogP contribution in [0.1, 0.15) is 0 Å². The molecule has 0 N–H and O–H groups in total. The van der Waals surface area contributed by atoms with Crippen molar-refractivity contribution in [1.82, 2.24) is 0 Å². The van der Waals surface area contributed by atoms with Gasteiger partial charge < -0.3 is 0 Å². The second kappa shape index (κ2) is 25.4. The van der Waals surface area contributed by atoms with E-state index in [4.69, 9.17) is 0 Å². The normalized spacial score (nSPS) is 0. The SMILES string of the molecule is [Al].[LiH].[MgH2].[Sc].[Zr]. The van der Waals surface area contributed by atoms with Gasteiger partial charge in [0.05, 0.1) is 0 Å². The van der Waals surface area contributed by atoms with E-state index in [0.717, 1.165) is 0 Å². The van der Waals surface area contributed by atoms with Gasteiger partial charge in [-0.3, -0.25) is 0 Å². The Hall–Kier alpha value is 3.65. The second-order valence-electron chi connectivity index (χ2n) is 0. The van der Waals surface area contributed by atoms with Crippen LogP contribution < -0.4 is 0 Å². The van der Waals surface area contributed by atoms with Crippen LogP contribution in [0.25, 0.3) is 0 Å². The molecule has 0 atom stereocenters. The first kappa shape index (κ1) is 38.0. The maximum atomic E-state index is 0. The van der Waals surface area contributed by atoms with E-state index in [0.29, 0.717) is 0 Å². The molecule has 0 aromatic rings. The summed E-state index contributed by atoms with van der Waals surface area (Å²) < 4.78 is 0. The zero-order valence-corrected chi connectivity index (χ0v) is 7.07. The van der Waals surface area contributed by atoms with Gasteiger partial charge in [0.15, 0.2) is 0 Å². The van der Waals surface area contributed by atoms with Crippen molar-refractivity contribution < 1.29 is 52.0 Å². The average molecular weight is 197 g/mol. The van der Waals surface area contributed by atoms with Crippen LogP contribution in [0.3, 0.4) is 0 Å². The summed E-state index contributed by atoms with van der Waals surface area (Å²) in [6.07, 6.45) is 0. The summed E-state index contributed by atoms with van der Waals surface area (Å²) in [5, 5.41) is 0. The zero-order chi connectivity index (χ0) is 0. The van der Waals surface area contributed by atoms with Crippen molar-refractivity contribution in [3.8, 4) is 0 Å². The minimum atomic E-state index is 0. The fraction of sp³-hybridized carbons (Fsp3) is 0. The summed E-state index contributed by atoms with van der Waals surface area (Å²) in [6.45, 7) is 0. The maximum Gasteiger partial charge on any atom is 0.316 e. The van der Waals surface area contributed by atoms with E-state index >= 15 is 0 Å². The van der Waals surface area contributed by atoms with Crippen molar-refractivity contribution in [2.24, 2.45) is 0 Å². The number of hydrogen-bond acceptors (Lipinski definition) is 0. The monoisotopic (exact) mass is 196 g/mol. The molecule has 0 aliphatic heterocycles. The van der Waals surface area contributed by atoms with Crippen LogP contribution in [-0.4, -0.2) is 59.3 Å². The summed E-state index contributed by atoms with van der Waals surface area (Å²) in [7, 11) is 0. The molecule has 0 nitrogen and oxygen atoms in total. The van der Waals surface area contributed by atoms with Crippen LogP contribution in [0.4, 0.5) is 0 Å². The molecule has 0 unspecified atom stereocenters. The Labute approximate surface area is 109 Å². The van der Waals surface area contributed by atoms with E-state index < -0.39 is 0 Å². The molecule has 16 valence electrons. The van der Waals surface area contributed by atoms with Crippen LogP contribution in [0.5, 0.6) is 0 Å². The largest absolute Gasteiger partial charge is 0.316 e. The van der Waals surface area contributed by atoms with E-state index in [2.05, 4.69) is 0 Å². The molecule has 0 amide bonds. The fourth-order valence-electron chi connectivity index (χ4n) is 0. The van der Waals surface area contributed by atoms with E-state index in [1.807, 2.05) is 0 Å². The van der Waals surface area contributed by atoms with Crippen molar-refractivity contribution in [2.75, 3.05) is 0 Å². The van der Waals surface area contributed by atoms with Crippen molar-refractivity contribution in [1.29, 1.82) is 0 Å². The van der Waals surface area contributed by atoms with Crippen LogP contribution >= 0.6 is 0 Å². The molecule has 4 radical (unpaired) electrons. The molecular formula is H3AlLiMgScZr. The zero-order valence-electron chi connectivity index (χ0n) is 1.65. The molecule has 0 bridgehead atoms. The minimum absolute atomic E-state index is 0. The Balaban J connectivity index is 0. The average Bonchev–Trinajstić information content (AvgIpc) is 0. The van der Waals surface area contributed by atoms with E-state index in [-0.39, 0.29) is 111 Å². The first-order chi connectivity index (χ1) is 0. The third-order valence-corrected chi connectivity index (χ3v) is 0. The smallest absolute Gasteiger partial charge is 0 e. The molecule has 0 saturated heterocycles. The van der Waals surface area contributed by atoms with E-state index in [1.165, 1.54) is 0 Å². The third kappa shape index (κ3) is 18.3. The minimum Gasteiger partial charge on any atom is 0 e. The van der Waals surface area contributed by atoms with Gasteiger partial charge in [-0.25, -0.2) is 0 Å². The molecule has 0 spiro atoms. The van der Waals surface area contributed by atoms with E-state index in [9.17, 15) is 0 Å². The Bertz CT molecular complexity index is 11.6. The molecular weight excluding hydrogens is 194 g/mol. The summed E-state index contributed by atoms with van der Waals surface area (Å²) >= 11 is 0. The maximum absolute atomic E-state index is 0. The first-order valence-electron chi connectivity index (χ1n) is 0. The van der Waals surface area contributed by atoms with Gasteiger partial charge in [-0.15, -0.1) is 0 Å². The van der Waals surface area contributed by atoms with Gasteiger partial charge in [-0.2, -0.15) is 0 Å². The Morgan fingerprint density at radius 1 is 1.00 bits per heavy atom. The quantitative estimate of drug-likeness (QED) is 0.396. The fourth-order valence-corrected chi connectivity index (χ4v) is 0. The van der Waals surface area contributed by atoms with Gasteiger partial charge in [0.2, 0.25) is 0 Å². The van der Waals surface area contributed by atoms with Crippen molar-refractivity contribution in [2.45, 2.75) is 0 Å². The van der Waals surface area contributed by atoms with Crippen LogP contribution in [0.2, 0.25) is 0 Å². The van der Waals surface area contributed by atoms with Crippen LogP contribution in [0, 0.1) is 0 Å².